The number of thiocarbonyl (C=S) groups is 1. The molecule has 7 nitrogen and oxygen atoms in total. The number of hydrogen-bond donors (Lipinski definition) is 3. The van der Waals surface area contributed by atoms with Crippen LogP contribution in [0.25, 0.3) is 0 Å². The third kappa shape index (κ3) is 3.84. The monoisotopic (exact) mass is 438 g/mol. The van der Waals surface area contributed by atoms with Crippen molar-refractivity contribution in [2.24, 2.45) is 0 Å². The number of hydrogen-bond acceptors (Lipinski definition) is 4. The van der Waals surface area contributed by atoms with Crippen LogP contribution in [-0.4, -0.2) is 29.2 Å². The molecule has 1 fully saturated rings. The number of rotatable bonds is 4. The van der Waals surface area contributed by atoms with Crippen molar-refractivity contribution in [3.8, 4) is 5.75 Å². The Labute approximate surface area is 176 Å². The summed E-state index contributed by atoms with van der Waals surface area (Å²) in [5.74, 6) is 0.0630. The number of urea groups is 1. The lowest BCUT2D eigenvalue weighted by Crippen LogP contribution is -2.49. The molecule has 3 amide bonds. The third-order valence-corrected chi connectivity index (χ3v) is 5.16. The number of imide groups is 1. The first-order valence-corrected chi connectivity index (χ1v) is 9.25. The van der Waals surface area contributed by atoms with E-state index in [0.29, 0.717) is 27.0 Å². The molecule has 1 aliphatic rings. The van der Waals surface area contributed by atoms with Gasteiger partial charge in [-0.05, 0) is 55.0 Å². The third-order valence-electron chi connectivity index (χ3n) is 4.23. The number of methoxy groups -OCH3 is 1. The van der Waals surface area contributed by atoms with Crippen molar-refractivity contribution in [1.82, 2.24) is 15.8 Å². The number of benzene rings is 2. The zero-order valence-corrected chi connectivity index (χ0v) is 17.2. The van der Waals surface area contributed by atoms with Crippen LogP contribution < -0.4 is 20.8 Å². The SMILES string of the molecule is COc1cccc(C2(C)NC(=O)N(NC(=S)Nc3ccc(Cl)c(Cl)c3)C2=O)c1. The first-order valence-electron chi connectivity index (χ1n) is 8.08. The van der Waals surface area contributed by atoms with Gasteiger partial charge in [0, 0.05) is 5.69 Å². The molecule has 0 aliphatic carbocycles. The summed E-state index contributed by atoms with van der Waals surface area (Å²) in [4.78, 5) is 25.3. The number of nitrogens with one attached hydrogen (secondary N) is 3. The summed E-state index contributed by atoms with van der Waals surface area (Å²) in [5.41, 5.74) is 2.47. The molecule has 0 saturated carbocycles. The summed E-state index contributed by atoms with van der Waals surface area (Å²) < 4.78 is 5.19. The van der Waals surface area contributed by atoms with Crippen LogP contribution >= 0.6 is 35.4 Å². The maximum atomic E-state index is 12.9. The van der Waals surface area contributed by atoms with Crippen LogP contribution in [0.15, 0.2) is 42.5 Å². The number of amides is 3. The lowest BCUT2D eigenvalue weighted by molar-refractivity contribution is -0.132. The zero-order valence-electron chi connectivity index (χ0n) is 14.9. The van der Waals surface area contributed by atoms with Crippen LogP contribution in [0.4, 0.5) is 10.5 Å². The highest BCUT2D eigenvalue weighted by Gasteiger charge is 2.50. The van der Waals surface area contributed by atoms with Gasteiger partial charge in [-0.15, -0.1) is 0 Å². The Kier molecular flexibility index (Phi) is 5.64. The van der Waals surface area contributed by atoms with Crippen LogP contribution in [0, 0.1) is 0 Å². The molecule has 1 heterocycles. The van der Waals surface area contributed by atoms with E-state index in [4.69, 9.17) is 40.2 Å². The van der Waals surface area contributed by atoms with Gasteiger partial charge in [-0.25, -0.2) is 4.79 Å². The minimum absolute atomic E-state index is 0.0387. The highest BCUT2D eigenvalue weighted by molar-refractivity contribution is 7.80. The first kappa shape index (κ1) is 20.2. The fraction of sp³-hybridized carbons (Fsp3) is 0.167. The van der Waals surface area contributed by atoms with Crippen molar-refractivity contribution < 1.29 is 14.3 Å². The molecule has 28 heavy (non-hydrogen) atoms. The molecule has 146 valence electrons. The molecule has 3 N–H and O–H groups in total. The van der Waals surface area contributed by atoms with Crippen LogP contribution in [0.5, 0.6) is 5.75 Å². The summed E-state index contributed by atoms with van der Waals surface area (Å²) in [6.07, 6.45) is 0. The van der Waals surface area contributed by atoms with Gasteiger partial charge in [0.2, 0.25) is 0 Å². The first-order chi connectivity index (χ1) is 13.2. The van der Waals surface area contributed by atoms with Crippen molar-refractivity contribution in [2.75, 3.05) is 12.4 Å². The summed E-state index contributed by atoms with van der Waals surface area (Å²) in [7, 11) is 1.53. The summed E-state index contributed by atoms with van der Waals surface area (Å²) in [6, 6.07) is 11.1. The molecule has 3 rings (SSSR count). The second kappa shape index (κ2) is 7.83. The summed E-state index contributed by atoms with van der Waals surface area (Å²) >= 11 is 17.0. The molecular weight excluding hydrogens is 423 g/mol. The van der Waals surface area contributed by atoms with Gasteiger partial charge in [-0.3, -0.25) is 10.2 Å². The maximum absolute atomic E-state index is 12.9. The fourth-order valence-corrected chi connectivity index (χ4v) is 3.21. The average molecular weight is 439 g/mol. The number of ether oxygens (including phenoxy) is 1. The Hall–Kier alpha value is -2.55. The molecule has 1 aliphatic heterocycles. The van der Waals surface area contributed by atoms with E-state index in [9.17, 15) is 9.59 Å². The molecule has 0 bridgehead atoms. The molecule has 2 aromatic rings. The molecule has 0 aromatic heterocycles. The molecule has 0 spiro atoms. The number of halogens is 2. The van der Waals surface area contributed by atoms with Crippen molar-refractivity contribution in [3.63, 3.8) is 0 Å². The quantitative estimate of drug-likeness (QED) is 0.498. The predicted molar refractivity (Wildman–Crippen MR) is 112 cm³/mol. The van der Waals surface area contributed by atoms with Gasteiger partial charge in [0.05, 0.1) is 17.2 Å². The Morgan fingerprint density at radius 1 is 1.18 bits per heavy atom. The van der Waals surface area contributed by atoms with Gasteiger partial charge in [0.1, 0.15) is 11.3 Å². The minimum Gasteiger partial charge on any atom is -0.497 e. The number of carbonyl (C=O) groups is 2. The molecule has 1 atom stereocenters. The predicted octanol–water partition coefficient (Wildman–Crippen LogP) is 3.67. The van der Waals surface area contributed by atoms with Crippen LogP contribution in [0.2, 0.25) is 10.0 Å². The van der Waals surface area contributed by atoms with Gasteiger partial charge in [-0.2, -0.15) is 5.01 Å². The molecular formula is C18H16Cl2N4O3S. The molecule has 1 saturated heterocycles. The van der Waals surface area contributed by atoms with Gasteiger partial charge < -0.3 is 15.4 Å². The van der Waals surface area contributed by atoms with Crippen molar-refractivity contribution in [1.29, 1.82) is 0 Å². The zero-order chi connectivity index (χ0) is 20.5. The lowest BCUT2D eigenvalue weighted by atomic mass is 9.92. The normalized spacial score (nSPS) is 18.6. The van der Waals surface area contributed by atoms with Crippen LogP contribution in [0.1, 0.15) is 12.5 Å². The number of nitrogens with zero attached hydrogens (tertiary/aromatic N) is 1. The largest absolute Gasteiger partial charge is 0.497 e. The fourth-order valence-electron chi connectivity index (χ4n) is 2.70. The maximum Gasteiger partial charge on any atom is 0.344 e. The van der Waals surface area contributed by atoms with Crippen molar-refractivity contribution in [3.05, 3.63) is 58.1 Å². The van der Waals surface area contributed by atoms with E-state index in [1.807, 2.05) is 0 Å². The Bertz CT molecular complexity index is 972. The van der Waals surface area contributed by atoms with Gasteiger partial charge in [0.15, 0.2) is 5.11 Å². The number of anilines is 1. The molecule has 1 unspecified atom stereocenters. The van der Waals surface area contributed by atoms with E-state index in [1.165, 1.54) is 7.11 Å². The van der Waals surface area contributed by atoms with E-state index >= 15 is 0 Å². The highest BCUT2D eigenvalue weighted by Crippen LogP contribution is 2.30. The van der Waals surface area contributed by atoms with E-state index in [2.05, 4.69) is 16.1 Å². The average Bonchev–Trinajstić information content (AvgIpc) is 2.89. The van der Waals surface area contributed by atoms with E-state index < -0.39 is 17.5 Å². The van der Waals surface area contributed by atoms with Crippen LogP contribution in [-0.2, 0) is 10.3 Å². The molecule has 2 aromatic carbocycles. The Morgan fingerprint density at radius 3 is 2.61 bits per heavy atom. The lowest BCUT2D eigenvalue weighted by Gasteiger charge is -2.23. The summed E-state index contributed by atoms with van der Waals surface area (Å²) in [5, 5.41) is 7.13. The van der Waals surface area contributed by atoms with E-state index in [-0.39, 0.29) is 5.11 Å². The molecule has 0 radical (unpaired) electrons. The Morgan fingerprint density at radius 2 is 1.93 bits per heavy atom. The number of hydrazine groups is 1. The van der Waals surface area contributed by atoms with Crippen molar-refractivity contribution in [2.45, 2.75) is 12.5 Å². The van der Waals surface area contributed by atoms with Crippen molar-refractivity contribution >= 4 is 58.2 Å². The standard InChI is InChI=1S/C18H16Cl2N4O3S/c1-18(10-4-3-5-12(8-10)27-2)15(25)24(17(26)22-18)23-16(28)21-11-6-7-13(19)14(20)9-11/h3-9H,1-2H3,(H,22,26)(H2,21,23,28). The van der Waals surface area contributed by atoms with E-state index in [0.717, 1.165) is 5.01 Å². The summed E-state index contributed by atoms with van der Waals surface area (Å²) in [6.45, 7) is 1.61. The number of carbonyl (C=O) groups excluding carboxylic acids is 2. The topological polar surface area (TPSA) is 82.7 Å². The van der Waals surface area contributed by atoms with E-state index in [1.54, 1.807) is 49.4 Å². The Balaban J connectivity index is 1.75. The van der Waals surface area contributed by atoms with Gasteiger partial charge in [0.25, 0.3) is 5.91 Å². The second-order valence-corrected chi connectivity index (χ2v) is 7.35. The van der Waals surface area contributed by atoms with Gasteiger partial charge >= 0.3 is 6.03 Å². The van der Waals surface area contributed by atoms with Gasteiger partial charge in [-0.1, -0.05) is 35.3 Å². The second-order valence-electron chi connectivity index (χ2n) is 6.12. The van der Waals surface area contributed by atoms with Crippen LogP contribution in [0.3, 0.4) is 0 Å². The smallest absolute Gasteiger partial charge is 0.344 e. The molecule has 10 heteroatoms. The minimum atomic E-state index is -1.27. The highest BCUT2D eigenvalue weighted by atomic mass is 35.5.